The van der Waals surface area contributed by atoms with Gasteiger partial charge in [-0.1, -0.05) is 6.07 Å². The Kier molecular flexibility index (Phi) is 4.51. The summed E-state index contributed by atoms with van der Waals surface area (Å²) in [4.78, 5) is 39.0. The van der Waals surface area contributed by atoms with Gasteiger partial charge in [-0.05, 0) is 24.6 Å². The van der Waals surface area contributed by atoms with E-state index in [1.807, 2.05) is 29.2 Å². The highest BCUT2D eigenvalue weighted by Crippen LogP contribution is 2.23. The van der Waals surface area contributed by atoms with Crippen LogP contribution in [0.25, 0.3) is 0 Å². The van der Waals surface area contributed by atoms with E-state index in [9.17, 15) is 9.59 Å². The number of piperazine rings is 1. The number of anilines is 2. The molecule has 4 rings (SSSR count). The Morgan fingerprint density at radius 2 is 1.88 bits per heavy atom. The summed E-state index contributed by atoms with van der Waals surface area (Å²) in [5.41, 5.74) is 1.45. The Morgan fingerprint density at radius 3 is 2.58 bits per heavy atom. The molecule has 3 heterocycles. The number of aromatic nitrogens is 2. The largest absolute Gasteiger partial charge is 0.352 e. The number of hydrogen-bond donors (Lipinski definition) is 0. The molecule has 0 N–H and O–H groups in total. The molecule has 2 amide bonds. The normalized spacial score (nSPS) is 17.7. The van der Waals surface area contributed by atoms with E-state index >= 15 is 0 Å². The van der Waals surface area contributed by atoms with Crippen LogP contribution in [0.1, 0.15) is 23.2 Å². The van der Waals surface area contributed by atoms with Gasteiger partial charge in [0.1, 0.15) is 5.82 Å². The number of nitrogens with zero attached hydrogens (tertiary/aromatic N) is 5. The van der Waals surface area contributed by atoms with E-state index < -0.39 is 0 Å². The molecule has 1 aromatic heterocycles. The van der Waals surface area contributed by atoms with Crippen molar-refractivity contribution in [3.05, 3.63) is 48.4 Å². The molecule has 0 unspecified atom stereocenters. The highest BCUT2D eigenvalue weighted by Gasteiger charge is 2.25. The van der Waals surface area contributed by atoms with Gasteiger partial charge in [0, 0.05) is 62.8 Å². The maximum absolute atomic E-state index is 12.9. The minimum Gasteiger partial charge on any atom is -0.352 e. The van der Waals surface area contributed by atoms with Crippen LogP contribution < -0.4 is 9.80 Å². The van der Waals surface area contributed by atoms with Crippen LogP contribution in [0.4, 0.5) is 11.5 Å². The number of rotatable bonds is 3. The zero-order valence-electron chi connectivity index (χ0n) is 14.5. The summed E-state index contributed by atoms with van der Waals surface area (Å²) in [5, 5.41) is 0. The van der Waals surface area contributed by atoms with E-state index in [2.05, 4.69) is 14.9 Å². The van der Waals surface area contributed by atoms with E-state index in [-0.39, 0.29) is 11.8 Å². The van der Waals surface area contributed by atoms with Crippen molar-refractivity contribution < 1.29 is 9.59 Å². The van der Waals surface area contributed by atoms with Gasteiger partial charge >= 0.3 is 0 Å². The van der Waals surface area contributed by atoms with E-state index in [0.717, 1.165) is 37.6 Å². The second-order valence-corrected chi connectivity index (χ2v) is 6.54. The summed E-state index contributed by atoms with van der Waals surface area (Å²) in [7, 11) is 0. The summed E-state index contributed by atoms with van der Waals surface area (Å²) in [6, 6.07) is 7.40. The summed E-state index contributed by atoms with van der Waals surface area (Å²) in [6.45, 7) is 3.47. The minimum atomic E-state index is 0.0114. The third kappa shape index (κ3) is 3.24. The molecule has 0 aliphatic carbocycles. The molecule has 2 aliphatic heterocycles. The zero-order valence-corrected chi connectivity index (χ0v) is 14.5. The lowest BCUT2D eigenvalue weighted by molar-refractivity contribution is -0.117. The maximum atomic E-state index is 12.9. The lowest BCUT2D eigenvalue weighted by Crippen LogP contribution is -2.49. The number of amides is 2. The predicted octanol–water partition coefficient (Wildman–Crippen LogP) is 1.57. The lowest BCUT2D eigenvalue weighted by atomic mass is 10.1. The molecular formula is C19H21N5O2. The second kappa shape index (κ2) is 7.11. The minimum absolute atomic E-state index is 0.0114. The highest BCUT2D eigenvalue weighted by atomic mass is 16.2. The van der Waals surface area contributed by atoms with Crippen LogP contribution in [-0.2, 0) is 4.79 Å². The van der Waals surface area contributed by atoms with Crippen LogP contribution in [0.15, 0.2) is 42.9 Å². The van der Waals surface area contributed by atoms with E-state index in [0.29, 0.717) is 25.1 Å². The van der Waals surface area contributed by atoms with Gasteiger partial charge in [0.15, 0.2) is 0 Å². The predicted molar refractivity (Wildman–Crippen MR) is 98.2 cm³/mol. The Bertz CT molecular complexity index is 803. The van der Waals surface area contributed by atoms with Gasteiger partial charge in [-0.15, -0.1) is 0 Å². The van der Waals surface area contributed by atoms with Crippen LogP contribution in [0.5, 0.6) is 0 Å². The fourth-order valence-corrected chi connectivity index (χ4v) is 3.50. The van der Waals surface area contributed by atoms with E-state index in [1.165, 1.54) is 0 Å². The lowest BCUT2D eigenvalue weighted by Gasteiger charge is -2.35. The topological polar surface area (TPSA) is 69.6 Å². The molecule has 2 fully saturated rings. The van der Waals surface area contributed by atoms with Crippen LogP contribution in [0.2, 0.25) is 0 Å². The standard InChI is InChI=1S/C19H21N5O2/c25-18-5-2-8-24(18)16-4-1-3-15(13-16)19(26)23-11-9-22(10-12-23)17-14-20-6-7-21-17/h1,3-4,6-7,13-14H,2,5,8-12H2. The summed E-state index contributed by atoms with van der Waals surface area (Å²) < 4.78 is 0. The molecule has 2 saturated heterocycles. The van der Waals surface area contributed by atoms with Crippen molar-refractivity contribution in [2.75, 3.05) is 42.5 Å². The van der Waals surface area contributed by atoms with Crippen molar-refractivity contribution in [1.29, 1.82) is 0 Å². The van der Waals surface area contributed by atoms with Gasteiger partial charge in [-0.2, -0.15) is 0 Å². The molecule has 7 nitrogen and oxygen atoms in total. The van der Waals surface area contributed by atoms with Gasteiger partial charge in [0.05, 0.1) is 6.20 Å². The fourth-order valence-electron chi connectivity index (χ4n) is 3.50. The van der Waals surface area contributed by atoms with Crippen LogP contribution in [0, 0.1) is 0 Å². The first-order valence-corrected chi connectivity index (χ1v) is 8.93. The van der Waals surface area contributed by atoms with Gasteiger partial charge in [-0.3, -0.25) is 14.6 Å². The first-order valence-electron chi connectivity index (χ1n) is 8.93. The molecule has 1 aromatic carbocycles. The molecule has 0 bridgehead atoms. The Morgan fingerprint density at radius 1 is 1.04 bits per heavy atom. The van der Waals surface area contributed by atoms with Gasteiger partial charge in [-0.25, -0.2) is 4.98 Å². The van der Waals surface area contributed by atoms with Gasteiger partial charge in [0.2, 0.25) is 5.91 Å². The van der Waals surface area contributed by atoms with E-state index in [4.69, 9.17) is 0 Å². The molecule has 134 valence electrons. The first kappa shape index (κ1) is 16.5. The summed E-state index contributed by atoms with van der Waals surface area (Å²) in [5.74, 6) is 0.985. The quantitative estimate of drug-likeness (QED) is 0.839. The molecule has 7 heteroatoms. The second-order valence-electron chi connectivity index (χ2n) is 6.54. The average Bonchev–Trinajstić information content (AvgIpc) is 3.14. The maximum Gasteiger partial charge on any atom is 0.254 e. The third-order valence-corrected chi connectivity index (χ3v) is 4.92. The van der Waals surface area contributed by atoms with Crippen LogP contribution >= 0.6 is 0 Å². The Balaban J connectivity index is 1.43. The number of carbonyl (C=O) groups is 2. The number of carbonyl (C=O) groups excluding carboxylic acids is 2. The molecule has 0 radical (unpaired) electrons. The Labute approximate surface area is 152 Å². The van der Waals surface area contributed by atoms with Crippen molar-refractivity contribution >= 4 is 23.3 Å². The number of hydrogen-bond acceptors (Lipinski definition) is 5. The molecule has 0 saturated carbocycles. The summed E-state index contributed by atoms with van der Waals surface area (Å²) >= 11 is 0. The zero-order chi connectivity index (χ0) is 17.9. The van der Waals surface area contributed by atoms with Crippen molar-refractivity contribution in [2.24, 2.45) is 0 Å². The monoisotopic (exact) mass is 351 g/mol. The molecular weight excluding hydrogens is 330 g/mol. The molecule has 26 heavy (non-hydrogen) atoms. The fraction of sp³-hybridized carbons (Fsp3) is 0.368. The molecule has 0 spiro atoms. The van der Waals surface area contributed by atoms with Gasteiger partial charge in [0.25, 0.3) is 5.91 Å². The number of benzene rings is 1. The van der Waals surface area contributed by atoms with Crippen molar-refractivity contribution in [3.63, 3.8) is 0 Å². The first-order chi connectivity index (χ1) is 12.7. The third-order valence-electron chi connectivity index (χ3n) is 4.92. The average molecular weight is 351 g/mol. The van der Waals surface area contributed by atoms with E-state index in [1.54, 1.807) is 23.5 Å². The van der Waals surface area contributed by atoms with Crippen molar-refractivity contribution in [1.82, 2.24) is 14.9 Å². The molecule has 0 atom stereocenters. The SMILES string of the molecule is O=C(c1cccc(N2CCCC2=O)c1)N1CCN(c2cnccn2)CC1. The highest BCUT2D eigenvalue weighted by molar-refractivity contribution is 5.99. The van der Waals surface area contributed by atoms with Gasteiger partial charge < -0.3 is 14.7 Å². The smallest absolute Gasteiger partial charge is 0.254 e. The van der Waals surface area contributed by atoms with Crippen LogP contribution in [0.3, 0.4) is 0 Å². The summed E-state index contributed by atoms with van der Waals surface area (Å²) in [6.07, 6.45) is 6.54. The Hall–Kier alpha value is -2.96. The van der Waals surface area contributed by atoms with Crippen molar-refractivity contribution in [2.45, 2.75) is 12.8 Å². The molecule has 2 aliphatic rings. The molecule has 2 aromatic rings. The van der Waals surface area contributed by atoms with Crippen molar-refractivity contribution in [3.8, 4) is 0 Å². The van der Waals surface area contributed by atoms with Crippen LogP contribution in [-0.4, -0.2) is 59.4 Å².